The molecule has 48 heteroatoms. The van der Waals surface area contributed by atoms with E-state index in [1.807, 2.05) is 39.0 Å². The highest BCUT2D eigenvalue weighted by atomic mass is 16.6. The molecule has 3 amide bonds. The topological polar surface area (TPSA) is 118 Å². The average Bonchev–Trinajstić information content (AvgIpc) is 3.23. The number of nitrogens with zero attached hydrogens (tertiary/aromatic N) is 1. The van der Waals surface area contributed by atoms with E-state index < -0.39 is 127 Å². The third-order valence-electron chi connectivity index (χ3n) is 12.3. The van der Waals surface area contributed by atoms with Crippen molar-refractivity contribution < 1.29 is 28.6 Å². The third-order valence-corrected chi connectivity index (χ3v) is 12.3. The molecule has 0 bridgehead atoms. The highest BCUT2D eigenvalue weighted by molar-refractivity contribution is 8.31. The first-order chi connectivity index (χ1) is 33.7. The molecule has 3 N–H and O–H groups in total. The molecule has 0 aromatic heterocycles. The molecule has 0 fully saturated rings. The van der Waals surface area contributed by atoms with Gasteiger partial charge in [0.25, 0.3) is 0 Å². The van der Waals surface area contributed by atoms with E-state index in [1.165, 1.54) is 18.7 Å². The maximum absolute atomic E-state index is 12.3. The van der Waals surface area contributed by atoms with Gasteiger partial charge < -0.3 is 30.2 Å². The fourth-order valence-electron chi connectivity index (χ4n) is 9.59. The molecule has 2 aliphatic heterocycles. The van der Waals surface area contributed by atoms with Crippen LogP contribution in [0.3, 0.4) is 0 Å². The lowest BCUT2D eigenvalue weighted by Crippen LogP contribution is -2.92. The van der Waals surface area contributed by atoms with Gasteiger partial charge >= 0.3 is 6.09 Å². The normalized spacial score (nSPS) is 11.4. The standard InChI is InChI=1S/C15H20N2O4.C10H12N2O2.CH4.B38/c1-10(18)16-11-5-6-13-12(9-11)17(7-8-20-13)14(19)21-15(2,3)4;1-7(13)12-8-2-3-10-9(6-8)11-4-5-14-10;;1-21(2)31(22(3)4)36(32(23(5)6)24(7)8)38(35(29(17)18)30(19)20)37(33(25(9)10)26(11)12)34(27(13)14)28(15)16/h5-6,9H,7-8H2,1-4H3,(H,16,18);2-3,6,11H,4-5H2,1H3,(H,12,13);1H4;. The van der Waals surface area contributed by atoms with Crippen LogP contribution in [0.2, 0.25) is 0 Å². The van der Waals surface area contributed by atoms with Crippen LogP contribution in [-0.2, 0) is 14.3 Å². The van der Waals surface area contributed by atoms with Crippen molar-refractivity contribution in [3.63, 3.8) is 0 Å². The minimum absolute atomic E-state index is 0. The third kappa shape index (κ3) is 21.3. The number of rotatable bonds is 19. The van der Waals surface area contributed by atoms with Crippen LogP contribution in [0.4, 0.5) is 27.5 Å². The summed E-state index contributed by atoms with van der Waals surface area (Å²) < 4.78 is 16.3. The van der Waals surface area contributed by atoms with Crippen molar-refractivity contribution in [2.45, 2.75) is 47.6 Å². The van der Waals surface area contributed by atoms with Crippen LogP contribution >= 0.6 is 0 Å². The molecule has 0 atom stereocenters. The van der Waals surface area contributed by atoms with Crippen molar-refractivity contribution in [2.75, 3.05) is 47.2 Å². The summed E-state index contributed by atoms with van der Waals surface area (Å²) in [6.45, 7) is 10.7. The first-order valence-corrected chi connectivity index (χ1v) is 23.7. The van der Waals surface area contributed by atoms with Crippen LogP contribution in [0.25, 0.3) is 0 Å². The number of carbonyl (C=O) groups is 3. The van der Waals surface area contributed by atoms with Gasteiger partial charge in [-0.2, -0.15) is 0 Å². The SMILES string of the molecule is C.CC(=O)Nc1ccc2c(c1)N(C(=O)OC(C)(C)C)CCO2.CC(=O)Nc1ccc2c(c1)NCCO2.[B]B([B])B(B([B])[B])B(B(B([B])[B])B([B])[B])B(B(B([B])[B])B([B])[B])B(B(B([B])[B])B([B])[B])B(B([B])[B])B([B])[B]. The zero-order valence-electron chi connectivity index (χ0n) is 42.6. The zero-order valence-corrected chi connectivity index (χ0v) is 42.6. The Balaban J connectivity index is 0.000000626. The van der Waals surface area contributed by atoms with E-state index in [0.29, 0.717) is 36.9 Å². The lowest BCUT2D eigenvalue weighted by molar-refractivity contribution is -0.115. The van der Waals surface area contributed by atoms with E-state index in [2.05, 4.69) is 16.0 Å². The Bertz CT molecular complexity index is 1920. The molecular formula is C26H36B38N4O6. The number of carbonyl (C=O) groups excluding carboxylic acids is 3. The van der Waals surface area contributed by atoms with Crippen LogP contribution in [0.5, 0.6) is 11.5 Å². The minimum atomic E-state index is -1.20. The van der Waals surface area contributed by atoms with Gasteiger partial charge in [-0.25, -0.2) is 4.79 Å². The Morgan fingerprint density at radius 3 is 1.18 bits per heavy atom. The number of ether oxygens (including phenoxy) is 3. The van der Waals surface area contributed by atoms with Gasteiger partial charge in [-0.05, 0) is 57.2 Å². The minimum Gasteiger partial charge on any atom is -0.490 e. The quantitative estimate of drug-likeness (QED) is 0.120. The number of hydrogen-bond donors (Lipinski definition) is 3. The molecule has 4 rings (SSSR count). The summed E-state index contributed by atoms with van der Waals surface area (Å²) in [5, 5.41) is 8.61. The summed E-state index contributed by atoms with van der Waals surface area (Å²) >= 11 is 0. The fourth-order valence-corrected chi connectivity index (χ4v) is 9.59. The van der Waals surface area contributed by atoms with Gasteiger partial charge in [-0.3, -0.25) is 14.5 Å². The van der Waals surface area contributed by atoms with E-state index in [9.17, 15) is 14.4 Å². The van der Waals surface area contributed by atoms with E-state index in [-0.39, 0.29) is 19.2 Å². The molecule has 74 heavy (non-hydrogen) atoms. The highest BCUT2D eigenvalue weighted by Crippen LogP contribution is 2.35. The van der Waals surface area contributed by atoms with Gasteiger partial charge in [0.1, 0.15) is 30.3 Å². The maximum atomic E-state index is 12.3. The monoisotopic (exact) mass is 919 g/mol. The predicted molar refractivity (Wildman–Crippen MR) is 360 cm³/mol. The van der Waals surface area contributed by atoms with Crippen molar-refractivity contribution in [2.24, 2.45) is 0 Å². The van der Waals surface area contributed by atoms with Gasteiger partial charge in [-0.15, -0.1) is 0 Å². The molecule has 0 saturated heterocycles. The summed E-state index contributed by atoms with van der Waals surface area (Å²) in [5.41, 5.74) is 2.36. The van der Waals surface area contributed by atoms with Crippen molar-refractivity contribution in [3.05, 3.63) is 36.4 Å². The summed E-state index contributed by atoms with van der Waals surface area (Å²) in [7, 11) is 124. The van der Waals surface area contributed by atoms with E-state index in [1.54, 1.807) is 18.2 Å². The van der Waals surface area contributed by atoms with Crippen molar-refractivity contribution in [1.29, 1.82) is 0 Å². The number of amides is 3. The summed E-state index contributed by atoms with van der Waals surface area (Å²) in [6, 6.07) is 10.7. The summed E-state index contributed by atoms with van der Waals surface area (Å²) in [5.74, 6) is 1.20. The van der Waals surface area contributed by atoms with Crippen LogP contribution in [0, 0.1) is 0 Å². The lowest BCUT2D eigenvalue weighted by Gasteiger charge is -2.53. The smallest absolute Gasteiger partial charge is 0.415 e. The van der Waals surface area contributed by atoms with Gasteiger partial charge in [0.2, 0.25) is 11.8 Å². The van der Waals surface area contributed by atoms with Crippen LogP contribution in [0.15, 0.2) is 36.4 Å². The van der Waals surface area contributed by atoms with E-state index in [0.717, 1.165) is 23.7 Å². The Labute approximate surface area is 478 Å². The first kappa shape index (κ1) is 70.5. The number of fused-ring (bicyclic) bond motifs is 2. The Kier molecular flexibility index (Phi) is 31.0. The van der Waals surface area contributed by atoms with Crippen LogP contribution in [0.1, 0.15) is 42.0 Å². The molecule has 10 nitrogen and oxygen atoms in total. The van der Waals surface area contributed by atoms with Crippen LogP contribution < -0.4 is 30.3 Å². The van der Waals surface area contributed by atoms with Crippen molar-refractivity contribution in [3.8, 4) is 11.5 Å². The zero-order chi connectivity index (χ0) is 56.0. The van der Waals surface area contributed by atoms with Gasteiger partial charge in [-0.1, -0.05) is 7.43 Å². The molecule has 0 spiro atoms. The Morgan fingerprint density at radius 2 is 0.838 bits per heavy atom. The van der Waals surface area contributed by atoms with Gasteiger partial charge in [0, 0.05) is 301 Å². The van der Waals surface area contributed by atoms with Crippen LogP contribution in [-0.4, -0.2) is 319 Å². The van der Waals surface area contributed by atoms with Crippen molar-refractivity contribution >= 4 is 310 Å². The second-order valence-electron chi connectivity index (χ2n) is 19.4. The molecule has 40 radical (unpaired) electrons. The second-order valence-corrected chi connectivity index (χ2v) is 19.4. The number of benzene rings is 2. The Hall–Kier alpha value is -1.48. The van der Waals surface area contributed by atoms with E-state index in [4.69, 9.17) is 169 Å². The second kappa shape index (κ2) is 32.6. The Morgan fingerprint density at radius 1 is 0.514 bits per heavy atom. The molecule has 2 heterocycles. The van der Waals surface area contributed by atoms with Gasteiger partial charge in [0.15, 0.2) is 0 Å². The van der Waals surface area contributed by atoms with Crippen molar-refractivity contribution in [1.82, 2.24) is 0 Å². The summed E-state index contributed by atoms with van der Waals surface area (Å²) in [4.78, 5) is 35.7. The summed E-state index contributed by atoms with van der Waals surface area (Å²) in [6.07, 6.45) is -20.4. The largest absolute Gasteiger partial charge is 0.490 e. The molecule has 2 aromatic carbocycles. The molecule has 0 aliphatic carbocycles. The molecular weight excluding hydrogens is 875 g/mol. The molecule has 2 aliphatic rings. The molecule has 2 aromatic rings. The lowest BCUT2D eigenvalue weighted by atomic mass is 8.28. The number of hydrogen-bond acceptors (Lipinski definition) is 7. The fraction of sp³-hybridized carbons (Fsp3) is 0.423. The van der Waals surface area contributed by atoms with Gasteiger partial charge in [0.05, 0.1) is 17.9 Å². The maximum Gasteiger partial charge on any atom is 0.415 e. The first-order valence-electron chi connectivity index (χ1n) is 23.7. The number of nitrogens with one attached hydrogen (secondary N) is 3. The molecule has 0 saturated carbocycles. The molecule has 0 unspecified atom stereocenters. The average molecular weight is 911 g/mol. The molecule has 310 valence electrons. The predicted octanol–water partition coefficient (Wildman–Crippen LogP) is -9.61. The highest BCUT2D eigenvalue weighted by Gasteiger charge is 2.56. The van der Waals surface area contributed by atoms with E-state index >= 15 is 0 Å². The number of anilines is 4.